The highest BCUT2D eigenvalue weighted by molar-refractivity contribution is 9.08. The van der Waals surface area contributed by atoms with Crippen LogP contribution in [0.15, 0.2) is 6.20 Å². The topological polar surface area (TPSA) is 28.7 Å². The van der Waals surface area contributed by atoms with Gasteiger partial charge in [0.1, 0.15) is 0 Å². The first kappa shape index (κ1) is 9.17. The number of hydrogen-bond acceptors (Lipinski definition) is 1. The second-order valence-electron chi connectivity index (χ2n) is 1.65. The van der Waals surface area contributed by atoms with Crippen LogP contribution in [-0.4, -0.2) is 10.2 Å². The van der Waals surface area contributed by atoms with Crippen LogP contribution in [0.1, 0.15) is 11.3 Å². The summed E-state index contributed by atoms with van der Waals surface area (Å²) in [5.74, 6) is 0. The van der Waals surface area contributed by atoms with Gasteiger partial charge < -0.3 is 0 Å². The third-order valence-electron chi connectivity index (χ3n) is 1.08. The molecule has 0 bridgehead atoms. The van der Waals surface area contributed by atoms with Gasteiger partial charge in [-0.3, -0.25) is 5.10 Å². The van der Waals surface area contributed by atoms with Crippen molar-refractivity contribution >= 4 is 32.9 Å². The van der Waals surface area contributed by atoms with Gasteiger partial charge in [0.2, 0.25) is 0 Å². The number of nitrogens with one attached hydrogen (secondary N) is 1. The van der Waals surface area contributed by atoms with Crippen LogP contribution in [-0.2, 0) is 5.33 Å². The van der Waals surface area contributed by atoms with E-state index in [-0.39, 0.29) is 17.0 Å². The lowest BCUT2D eigenvalue weighted by Crippen LogP contribution is -1.75. The van der Waals surface area contributed by atoms with Gasteiger partial charge in [0, 0.05) is 16.6 Å². The monoisotopic (exact) mass is 254 g/mol. The van der Waals surface area contributed by atoms with Crippen LogP contribution in [0.3, 0.4) is 0 Å². The van der Waals surface area contributed by atoms with E-state index in [2.05, 4.69) is 26.1 Å². The highest BCUT2D eigenvalue weighted by Gasteiger charge is 1.94. The predicted molar refractivity (Wildman–Crippen MR) is 46.3 cm³/mol. The number of rotatable bonds is 1. The molecule has 0 atom stereocenters. The van der Waals surface area contributed by atoms with Crippen molar-refractivity contribution in [2.75, 3.05) is 0 Å². The fraction of sp³-hybridized carbons (Fsp3) is 0.400. The van der Waals surface area contributed by atoms with Gasteiger partial charge in [-0.2, -0.15) is 5.10 Å². The summed E-state index contributed by atoms with van der Waals surface area (Å²) in [5, 5.41) is 7.56. The van der Waals surface area contributed by atoms with Gasteiger partial charge in [-0.15, -0.1) is 17.0 Å². The Balaban J connectivity index is 0.000000640. The summed E-state index contributed by atoms with van der Waals surface area (Å²) in [6.07, 6.45) is 1.82. The minimum atomic E-state index is 0. The molecule has 0 aliphatic heterocycles. The largest absolute Gasteiger partial charge is 0.283 e. The van der Waals surface area contributed by atoms with E-state index in [1.165, 1.54) is 5.56 Å². The molecule has 0 aromatic carbocycles. The predicted octanol–water partition coefficient (Wildman–Crippen LogP) is 2.19. The van der Waals surface area contributed by atoms with Gasteiger partial charge in [0.05, 0.1) is 6.20 Å². The van der Waals surface area contributed by atoms with Crippen LogP contribution in [0.25, 0.3) is 0 Å². The molecule has 0 unspecified atom stereocenters. The highest BCUT2D eigenvalue weighted by atomic mass is 79.9. The number of aromatic amines is 1. The normalized spacial score (nSPS) is 8.67. The maximum absolute atomic E-state index is 3.84. The van der Waals surface area contributed by atoms with Gasteiger partial charge in [-0.1, -0.05) is 15.9 Å². The van der Waals surface area contributed by atoms with Crippen LogP contribution in [0.4, 0.5) is 0 Å². The Morgan fingerprint density at radius 1 is 1.78 bits per heavy atom. The van der Waals surface area contributed by atoms with Gasteiger partial charge >= 0.3 is 0 Å². The number of alkyl halides is 1. The van der Waals surface area contributed by atoms with Crippen LogP contribution in [0.5, 0.6) is 0 Å². The Hall–Kier alpha value is 0.170. The third kappa shape index (κ3) is 2.10. The number of nitrogens with zero attached hydrogens (tertiary/aromatic N) is 1. The van der Waals surface area contributed by atoms with Crippen molar-refractivity contribution in [3.63, 3.8) is 0 Å². The van der Waals surface area contributed by atoms with Crippen LogP contribution < -0.4 is 0 Å². The molecule has 0 aliphatic carbocycles. The molecule has 0 aliphatic rings. The maximum Gasteiger partial charge on any atom is 0.0530 e. The number of hydrogen-bond donors (Lipinski definition) is 1. The van der Waals surface area contributed by atoms with Crippen molar-refractivity contribution < 1.29 is 0 Å². The molecule has 1 aromatic heterocycles. The highest BCUT2D eigenvalue weighted by Crippen LogP contribution is 2.05. The smallest absolute Gasteiger partial charge is 0.0530 e. The minimum absolute atomic E-state index is 0. The number of aryl methyl sites for hydroxylation is 1. The lowest BCUT2D eigenvalue weighted by atomic mass is 10.3. The molecule has 1 heterocycles. The number of aromatic nitrogens is 2. The molecule has 0 spiro atoms. The van der Waals surface area contributed by atoms with E-state index in [4.69, 9.17) is 0 Å². The van der Waals surface area contributed by atoms with Crippen LogP contribution >= 0.6 is 32.9 Å². The van der Waals surface area contributed by atoms with Gasteiger partial charge in [-0.05, 0) is 6.92 Å². The zero-order valence-corrected chi connectivity index (χ0v) is 8.32. The van der Waals surface area contributed by atoms with Crippen molar-refractivity contribution in [3.8, 4) is 0 Å². The summed E-state index contributed by atoms with van der Waals surface area (Å²) in [6, 6.07) is 0. The first-order valence-electron chi connectivity index (χ1n) is 2.39. The van der Waals surface area contributed by atoms with E-state index in [1.807, 2.05) is 13.1 Å². The van der Waals surface area contributed by atoms with Gasteiger partial charge in [0.25, 0.3) is 0 Å². The zero-order chi connectivity index (χ0) is 5.98. The van der Waals surface area contributed by atoms with Crippen molar-refractivity contribution in [2.24, 2.45) is 0 Å². The Kier molecular flexibility index (Phi) is 4.14. The van der Waals surface area contributed by atoms with Crippen molar-refractivity contribution in [2.45, 2.75) is 12.3 Å². The Morgan fingerprint density at radius 2 is 2.44 bits per heavy atom. The van der Waals surface area contributed by atoms with Crippen LogP contribution in [0, 0.1) is 6.92 Å². The average molecular weight is 256 g/mol. The molecule has 1 N–H and O–H groups in total. The Morgan fingerprint density at radius 3 is 2.67 bits per heavy atom. The molecular weight excluding hydrogens is 248 g/mol. The second-order valence-corrected chi connectivity index (χ2v) is 2.21. The van der Waals surface area contributed by atoms with E-state index in [1.54, 1.807) is 0 Å². The molecule has 52 valence electrons. The molecule has 0 radical (unpaired) electrons. The van der Waals surface area contributed by atoms with E-state index in [9.17, 15) is 0 Å². The molecule has 4 heteroatoms. The summed E-state index contributed by atoms with van der Waals surface area (Å²) >= 11 is 3.33. The quantitative estimate of drug-likeness (QED) is 0.766. The van der Waals surface area contributed by atoms with Crippen LogP contribution in [0.2, 0.25) is 0 Å². The van der Waals surface area contributed by atoms with E-state index < -0.39 is 0 Å². The molecule has 9 heavy (non-hydrogen) atoms. The maximum atomic E-state index is 3.84. The van der Waals surface area contributed by atoms with E-state index in [0.717, 1.165) is 11.0 Å². The molecule has 0 saturated heterocycles. The first-order chi connectivity index (χ1) is 3.84. The second kappa shape index (κ2) is 4.06. The lowest BCUT2D eigenvalue weighted by molar-refractivity contribution is 1.04. The summed E-state index contributed by atoms with van der Waals surface area (Å²) in [4.78, 5) is 0. The first-order valence-corrected chi connectivity index (χ1v) is 3.51. The number of halogens is 2. The third-order valence-corrected chi connectivity index (χ3v) is 1.68. The fourth-order valence-electron chi connectivity index (χ4n) is 0.510. The summed E-state index contributed by atoms with van der Waals surface area (Å²) in [7, 11) is 0. The SMILES string of the molecule is Br.Cc1[nH]ncc1CBr. The molecule has 2 nitrogen and oxygen atoms in total. The average Bonchev–Trinajstić information content (AvgIpc) is 2.14. The molecular formula is C5H8Br2N2. The zero-order valence-electron chi connectivity index (χ0n) is 5.02. The minimum Gasteiger partial charge on any atom is -0.283 e. The lowest BCUT2D eigenvalue weighted by Gasteiger charge is -1.85. The van der Waals surface area contributed by atoms with Gasteiger partial charge in [-0.25, -0.2) is 0 Å². The van der Waals surface area contributed by atoms with E-state index >= 15 is 0 Å². The molecule has 0 amide bonds. The van der Waals surface area contributed by atoms with Crippen molar-refractivity contribution in [1.29, 1.82) is 0 Å². The Bertz CT molecular complexity index is 173. The molecule has 1 aromatic rings. The number of H-pyrrole nitrogens is 1. The van der Waals surface area contributed by atoms with Gasteiger partial charge in [0.15, 0.2) is 0 Å². The summed E-state index contributed by atoms with van der Waals surface area (Å²) in [6.45, 7) is 2.00. The van der Waals surface area contributed by atoms with Crippen molar-refractivity contribution in [1.82, 2.24) is 10.2 Å². The van der Waals surface area contributed by atoms with E-state index in [0.29, 0.717) is 0 Å². The molecule has 0 fully saturated rings. The Labute approximate surface area is 72.9 Å². The standard InChI is InChI=1S/C5H7BrN2.BrH/c1-4-5(2-6)3-7-8-4;/h3H,2H2,1H3,(H,7,8);1H. The summed E-state index contributed by atoms with van der Waals surface area (Å²) < 4.78 is 0. The fourth-order valence-corrected chi connectivity index (χ4v) is 1.08. The molecule has 0 saturated carbocycles. The summed E-state index contributed by atoms with van der Waals surface area (Å²) in [5.41, 5.74) is 2.37. The van der Waals surface area contributed by atoms with Crippen molar-refractivity contribution in [3.05, 3.63) is 17.5 Å². The molecule has 1 rings (SSSR count).